The van der Waals surface area contributed by atoms with Crippen molar-refractivity contribution in [3.05, 3.63) is 54.3 Å². The number of amides is 1. The average molecular weight is 378 g/mol. The molecule has 1 atom stereocenters. The lowest BCUT2D eigenvalue weighted by Gasteiger charge is -2.16. The van der Waals surface area contributed by atoms with Crippen molar-refractivity contribution in [3.8, 4) is 0 Å². The minimum atomic E-state index is -4.00. The van der Waals surface area contributed by atoms with Gasteiger partial charge in [0.05, 0.1) is 16.5 Å². The third kappa shape index (κ3) is 3.52. The highest BCUT2D eigenvalue weighted by Crippen LogP contribution is 2.27. The molecule has 7 nitrogen and oxygen atoms in total. The number of hydrogen-bond donors (Lipinski definition) is 2. The molecule has 26 heavy (non-hydrogen) atoms. The quantitative estimate of drug-likeness (QED) is 0.829. The first-order valence-corrected chi connectivity index (χ1v) is 9.17. The Hall–Kier alpha value is -2.94. The van der Waals surface area contributed by atoms with Gasteiger partial charge in [-0.15, -0.1) is 0 Å². The van der Waals surface area contributed by atoms with Gasteiger partial charge >= 0.3 is 5.97 Å². The van der Waals surface area contributed by atoms with Gasteiger partial charge in [0, 0.05) is 18.7 Å². The van der Waals surface area contributed by atoms with E-state index in [9.17, 15) is 22.4 Å². The Bertz CT molecular complexity index is 959. The summed E-state index contributed by atoms with van der Waals surface area (Å²) in [6.45, 7) is 0.0355. The molecule has 9 heteroatoms. The Balaban J connectivity index is 1.80. The molecule has 2 N–H and O–H groups in total. The van der Waals surface area contributed by atoms with Crippen LogP contribution in [0.3, 0.4) is 0 Å². The molecule has 1 saturated heterocycles. The Morgan fingerprint density at radius 3 is 2.38 bits per heavy atom. The molecule has 1 fully saturated rings. The topological polar surface area (TPSA) is 104 Å². The first-order chi connectivity index (χ1) is 12.3. The highest BCUT2D eigenvalue weighted by molar-refractivity contribution is 7.92. The van der Waals surface area contributed by atoms with Gasteiger partial charge in [-0.3, -0.25) is 14.3 Å². The van der Waals surface area contributed by atoms with Gasteiger partial charge in [-0.1, -0.05) is 12.1 Å². The number of para-hydroxylation sites is 1. The molecule has 1 heterocycles. The summed E-state index contributed by atoms with van der Waals surface area (Å²) < 4.78 is 40.5. The molecule has 0 unspecified atom stereocenters. The maximum atomic E-state index is 13.6. The summed E-state index contributed by atoms with van der Waals surface area (Å²) in [5.74, 6) is -2.87. The first kappa shape index (κ1) is 17.9. The second kappa shape index (κ2) is 6.75. The molecule has 0 spiro atoms. The maximum Gasteiger partial charge on any atom is 0.308 e. The van der Waals surface area contributed by atoms with Crippen LogP contribution in [-0.2, 0) is 19.6 Å². The van der Waals surface area contributed by atoms with Crippen LogP contribution in [0.4, 0.5) is 15.8 Å². The maximum absolute atomic E-state index is 13.6. The van der Waals surface area contributed by atoms with Crippen molar-refractivity contribution in [1.82, 2.24) is 0 Å². The number of carboxylic acid groups (broad SMARTS) is 1. The smallest absolute Gasteiger partial charge is 0.308 e. The molecular weight excluding hydrogens is 363 g/mol. The number of sulfonamides is 1. The van der Waals surface area contributed by atoms with Crippen LogP contribution in [0.5, 0.6) is 0 Å². The van der Waals surface area contributed by atoms with Gasteiger partial charge in [0.1, 0.15) is 5.82 Å². The predicted molar refractivity (Wildman–Crippen MR) is 91.7 cm³/mol. The Morgan fingerprint density at radius 1 is 1.15 bits per heavy atom. The predicted octanol–water partition coefficient (Wildman–Crippen LogP) is 2.06. The van der Waals surface area contributed by atoms with Crippen LogP contribution in [0, 0.1) is 11.7 Å². The first-order valence-electron chi connectivity index (χ1n) is 7.68. The molecule has 0 aromatic heterocycles. The molecule has 0 radical (unpaired) electrons. The normalized spacial score (nSPS) is 17.3. The Labute approximate surface area is 149 Å². The molecule has 0 bridgehead atoms. The highest BCUT2D eigenvalue weighted by Gasteiger charge is 2.35. The second-order valence-electron chi connectivity index (χ2n) is 5.82. The SMILES string of the molecule is O=C(O)[C@@H]1CC(=O)N(c2ccc(S(=O)(=O)Nc3ccccc3F)cc2)C1. The number of nitrogens with zero attached hydrogens (tertiary/aromatic N) is 1. The summed E-state index contributed by atoms with van der Waals surface area (Å²) in [7, 11) is -4.00. The number of carbonyl (C=O) groups excluding carboxylic acids is 1. The van der Waals surface area contributed by atoms with Crippen LogP contribution in [0.1, 0.15) is 6.42 Å². The van der Waals surface area contributed by atoms with Gasteiger partial charge in [-0.25, -0.2) is 12.8 Å². The summed E-state index contributed by atoms with van der Waals surface area (Å²) in [6, 6.07) is 10.8. The second-order valence-corrected chi connectivity index (χ2v) is 7.51. The van der Waals surface area contributed by atoms with Gasteiger partial charge in [0.25, 0.3) is 10.0 Å². The minimum Gasteiger partial charge on any atom is -0.481 e. The molecule has 1 aliphatic rings. The van der Waals surface area contributed by atoms with E-state index in [2.05, 4.69) is 4.72 Å². The fraction of sp³-hybridized carbons (Fsp3) is 0.176. The lowest BCUT2D eigenvalue weighted by molar-refractivity contribution is -0.141. The number of benzene rings is 2. The third-order valence-electron chi connectivity index (χ3n) is 4.05. The lowest BCUT2D eigenvalue weighted by atomic mass is 10.1. The number of nitrogens with one attached hydrogen (secondary N) is 1. The van der Waals surface area contributed by atoms with E-state index in [1.54, 1.807) is 0 Å². The fourth-order valence-electron chi connectivity index (χ4n) is 2.68. The lowest BCUT2D eigenvalue weighted by Crippen LogP contribution is -2.25. The third-order valence-corrected chi connectivity index (χ3v) is 5.43. The van der Waals surface area contributed by atoms with Crippen molar-refractivity contribution in [3.63, 3.8) is 0 Å². The van der Waals surface area contributed by atoms with E-state index in [0.29, 0.717) is 5.69 Å². The van der Waals surface area contributed by atoms with Crippen molar-refractivity contribution in [1.29, 1.82) is 0 Å². The molecule has 0 aliphatic carbocycles. The van der Waals surface area contributed by atoms with Gasteiger partial charge < -0.3 is 10.0 Å². The van der Waals surface area contributed by atoms with Gasteiger partial charge in [0.2, 0.25) is 5.91 Å². The van der Waals surface area contributed by atoms with Crippen LogP contribution < -0.4 is 9.62 Å². The molecule has 2 aromatic carbocycles. The van der Waals surface area contributed by atoms with Crippen molar-refractivity contribution >= 4 is 33.3 Å². The Morgan fingerprint density at radius 2 is 1.81 bits per heavy atom. The zero-order chi connectivity index (χ0) is 18.9. The summed E-state index contributed by atoms with van der Waals surface area (Å²) in [5.41, 5.74) is 0.235. The minimum absolute atomic E-state index is 0.0355. The molecule has 136 valence electrons. The van der Waals surface area contributed by atoms with Gasteiger partial charge in [-0.2, -0.15) is 0 Å². The van der Waals surface area contributed by atoms with E-state index >= 15 is 0 Å². The monoisotopic (exact) mass is 378 g/mol. The Kier molecular flexibility index (Phi) is 4.64. The number of halogens is 1. The molecule has 0 saturated carbocycles. The largest absolute Gasteiger partial charge is 0.481 e. The number of hydrogen-bond acceptors (Lipinski definition) is 4. The van der Waals surface area contributed by atoms with Crippen molar-refractivity contribution < 1.29 is 27.5 Å². The summed E-state index contributed by atoms with van der Waals surface area (Å²) in [5, 5.41) is 9.01. The molecule has 2 aromatic rings. The summed E-state index contributed by atoms with van der Waals surface area (Å²) >= 11 is 0. The number of carbonyl (C=O) groups is 2. The number of rotatable bonds is 5. The van der Waals surface area contributed by atoms with Crippen molar-refractivity contribution in [2.75, 3.05) is 16.2 Å². The van der Waals surface area contributed by atoms with Crippen LogP contribution in [0.25, 0.3) is 0 Å². The van der Waals surface area contributed by atoms with E-state index < -0.39 is 27.7 Å². The zero-order valence-electron chi connectivity index (χ0n) is 13.4. The van der Waals surface area contributed by atoms with E-state index in [0.717, 1.165) is 6.07 Å². The van der Waals surface area contributed by atoms with E-state index in [4.69, 9.17) is 5.11 Å². The van der Waals surface area contributed by atoms with Crippen LogP contribution >= 0.6 is 0 Å². The summed E-state index contributed by atoms with van der Waals surface area (Å²) in [6.07, 6.45) is -0.0930. The van der Waals surface area contributed by atoms with E-state index in [1.807, 2.05) is 0 Å². The fourth-order valence-corrected chi connectivity index (χ4v) is 3.74. The highest BCUT2D eigenvalue weighted by atomic mass is 32.2. The number of aliphatic carboxylic acids is 1. The van der Waals surface area contributed by atoms with Crippen LogP contribution in [0.2, 0.25) is 0 Å². The zero-order valence-corrected chi connectivity index (χ0v) is 14.2. The summed E-state index contributed by atoms with van der Waals surface area (Å²) in [4.78, 5) is 24.2. The number of anilines is 2. The van der Waals surface area contributed by atoms with E-state index in [-0.39, 0.29) is 29.5 Å². The molecular formula is C17H15FN2O5S. The standard InChI is InChI=1S/C17H15FN2O5S/c18-14-3-1-2-4-15(14)19-26(24,25)13-7-5-12(6-8-13)20-10-11(17(22)23)9-16(20)21/h1-8,11,19H,9-10H2,(H,22,23)/t11-/m1/s1. The molecule has 1 aliphatic heterocycles. The van der Waals surface area contributed by atoms with Crippen LogP contribution in [-0.4, -0.2) is 31.9 Å². The average Bonchev–Trinajstić information content (AvgIpc) is 2.99. The molecule has 3 rings (SSSR count). The number of carboxylic acids is 1. The van der Waals surface area contributed by atoms with Gasteiger partial charge in [-0.05, 0) is 36.4 Å². The van der Waals surface area contributed by atoms with Crippen molar-refractivity contribution in [2.45, 2.75) is 11.3 Å². The van der Waals surface area contributed by atoms with Crippen LogP contribution in [0.15, 0.2) is 53.4 Å². The van der Waals surface area contributed by atoms with Crippen molar-refractivity contribution in [2.24, 2.45) is 5.92 Å². The van der Waals surface area contributed by atoms with E-state index in [1.165, 1.54) is 47.4 Å². The van der Waals surface area contributed by atoms with Gasteiger partial charge in [0.15, 0.2) is 0 Å². The molecule has 1 amide bonds.